The van der Waals surface area contributed by atoms with Crippen LogP contribution in [-0.2, 0) is 4.74 Å². The molecule has 1 heterocycles. The third-order valence-electron chi connectivity index (χ3n) is 3.00. The van der Waals surface area contributed by atoms with E-state index >= 15 is 0 Å². The second kappa shape index (κ2) is 10.00. The molecule has 0 saturated carbocycles. The minimum absolute atomic E-state index is 0.220. The van der Waals surface area contributed by atoms with Crippen LogP contribution in [0.2, 0.25) is 0 Å². The van der Waals surface area contributed by atoms with Gasteiger partial charge in [-0.15, -0.1) is 10.5 Å². The monoisotopic (exact) mass is 253 g/mol. The Bertz CT molecular complexity index is 266. The van der Waals surface area contributed by atoms with Gasteiger partial charge in [0, 0.05) is 13.0 Å². The summed E-state index contributed by atoms with van der Waals surface area (Å²) in [6, 6.07) is 0. The maximum absolute atomic E-state index is 5.93. The number of unbranched alkanes of at least 4 members (excludes halogenated alkanes) is 4. The maximum atomic E-state index is 5.93. The van der Waals surface area contributed by atoms with Gasteiger partial charge in [0.2, 0.25) is 0 Å². The van der Waals surface area contributed by atoms with Crippen LogP contribution in [0.15, 0.2) is 15.5 Å². The molecule has 0 aromatic carbocycles. The predicted molar refractivity (Wildman–Crippen MR) is 72.4 cm³/mol. The minimum Gasteiger partial charge on any atom is -0.378 e. The standard InChI is InChI=1S/C13H25N4O/c1-3-5-7-8-10-18-12(9-6-4-2)11-13-14-16-17-15-13/h12H,3-11H2,1-2H3. The van der Waals surface area contributed by atoms with E-state index in [4.69, 9.17) is 4.74 Å². The molecule has 0 amide bonds. The van der Waals surface area contributed by atoms with Crippen molar-refractivity contribution < 1.29 is 4.74 Å². The molecule has 103 valence electrons. The van der Waals surface area contributed by atoms with Crippen molar-refractivity contribution in [1.82, 2.24) is 5.43 Å². The van der Waals surface area contributed by atoms with Crippen molar-refractivity contribution in [2.45, 2.75) is 71.3 Å². The molecule has 0 N–H and O–H groups in total. The molecule has 1 atom stereocenters. The van der Waals surface area contributed by atoms with E-state index in [1.165, 1.54) is 32.1 Å². The first-order valence-corrected chi connectivity index (χ1v) is 7.16. The fourth-order valence-corrected chi connectivity index (χ4v) is 1.90. The molecule has 1 radical (unpaired) electrons. The van der Waals surface area contributed by atoms with E-state index in [0.717, 1.165) is 25.9 Å². The summed E-state index contributed by atoms with van der Waals surface area (Å²) in [5.41, 5.74) is 3.87. The van der Waals surface area contributed by atoms with Crippen molar-refractivity contribution >= 4 is 5.84 Å². The number of nitrogens with zero attached hydrogens (tertiary/aromatic N) is 4. The van der Waals surface area contributed by atoms with Crippen molar-refractivity contribution in [1.29, 1.82) is 0 Å². The van der Waals surface area contributed by atoms with Gasteiger partial charge in [0.1, 0.15) is 0 Å². The Kier molecular flexibility index (Phi) is 8.38. The molecule has 1 rings (SSSR count). The van der Waals surface area contributed by atoms with Crippen LogP contribution in [0.1, 0.15) is 65.2 Å². The highest BCUT2D eigenvalue weighted by molar-refractivity contribution is 5.82. The van der Waals surface area contributed by atoms with Gasteiger partial charge in [0.05, 0.1) is 6.10 Å². The second-order valence-corrected chi connectivity index (χ2v) is 4.69. The van der Waals surface area contributed by atoms with Gasteiger partial charge in [-0.05, 0) is 23.3 Å². The molecule has 0 aromatic rings. The van der Waals surface area contributed by atoms with Crippen molar-refractivity contribution in [3.63, 3.8) is 0 Å². The van der Waals surface area contributed by atoms with Crippen molar-refractivity contribution in [2.75, 3.05) is 6.61 Å². The molecule has 1 unspecified atom stereocenters. The van der Waals surface area contributed by atoms with E-state index in [-0.39, 0.29) is 6.10 Å². The first-order chi connectivity index (χ1) is 8.86. The first-order valence-electron chi connectivity index (χ1n) is 7.16. The van der Waals surface area contributed by atoms with Gasteiger partial charge in [0.25, 0.3) is 0 Å². The average molecular weight is 253 g/mol. The van der Waals surface area contributed by atoms with Gasteiger partial charge in [-0.1, -0.05) is 46.0 Å². The SMILES string of the molecule is CCCCCCOC(CCCC)CC1=NN=N[N]1. The van der Waals surface area contributed by atoms with E-state index in [1.807, 2.05) is 0 Å². The van der Waals surface area contributed by atoms with E-state index in [1.54, 1.807) is 0 Å². The number of ether oxygens (including phenoxy) is 1. The summed E-state index contributed by atoms with van der Waals surface area (Å²) in [5, 5.41) is 10.9. The summed E-state index contributed by atoms with van der Waals surface area (Å²) in [7, 11) is 0. The zero-order valence-electron chi connectivity index (χ0n) is 11.6. The number of hydrogen-bond donors (Lipinski definition) is 0. The molecule has 1 aliphatic rings. The second-order valence-electron chi connectivity index (χ2n) is 4.69. The highest BCUT2D eigenvalue weighted by Gasteiger charge is 2.15. The van der Waals surface area contributed by atoms with Crippen molar-refractivity contribution in [3.05, 3.63) is 0 Å². The van der Waals surface area contributed by atoms with Crippen molar-refractivity contribution in [2.24, 2.45) is 15.5 Å². The Morgan fingerprint density at radius 1 is 1.00 bits per heavy atom. The van der Waals surface area contributed by atoms with Crippen LogP contribution in [0.5, 0.6) is 0 Å². The summed E-state index contributed by atoms with van der Waals surface area (Å²) in [6.07, 6.45) is 9.36. The quantitative estimate of drug-likeness (QED) is 0.516. The Hall–Kier alpha value is -0.970. The lowest BCUT2D eigenvalue weighted by atomic mass is 10.1. The third-order valence-corrected chi connectivity index (χ3v) is 3.00. The summed E-state index contributed by atoms with van der Waals surface area (Å²) in [4.78, 5) is 0. The first kappa shape index (κ1) is 15.1. The summed E-state index contributed by atoms with van der Waals surface area (Å²) < 4.78 is 5.93. The fourth-order valence-electron chi connectivity index (χ4n) is 1.90. The van der Waals surface area contributed by atoms with Gasteiger partial charge < -0.3 is 4.74 Å². The maximum Gasteiger partial charge on any atom is 0.179 e. The summed E-state index contributed by atoms with van der Waals surface area (Å²) in [5.74, 6) is 0.699. The molecule has 0 saturated heterocycles. The molecule has 1 aliphatic heterocycles. The topological polar surface area (TPSA) is 60.4 Å². The van der Waals surface area contributed by atoms with E-state index in [0.29, 0.717) is 5.84 Å². The van der Waals surface area contributed by atoms with Gasteiger partial charge in [0.15, 0.2) is 5.84 Å². The number of amidine groups is 1. The molecule has 5 heteroatoms. The van der Waals surface area contributed by atoms with Crippen LogP contribution in [-0.4, -0.2) is 18.5 Å². The fraction of sp³-hybridized carbons (Fsp3) is 0.923. The summed E-state index contributed by atoms with van der Waals surface area (Å²) >= 11 is 0. The van der Waals surface area contributed by atoms with Crippen LogP contribution in [0.25, 0.3) is 0 Å². The van der Waals surface area contributed by atoms with Gasteiger partial charge in [-0.3, -0.25) is 0 Å². The number of rotatable bonds is 11. The molecular weight excluding hydrogens is 228 g/mol. The molecule has 0 bridgehead atoms. The third kappa shape index (κ3) is 6.69. The molecule has 0 aliphatic carbocycles. The molecule has 18 heavy (non-hydrogen) atoms. The molecule has 5 nitrogen and oxygen atoms in total. The molecule has 0 fully saturated rings. The largest absolute Gasteiger partial charge is 0.378 e. The van der Waals surface area contributed by atoms with Crippen LogP contribution >= 0.6 is 0 Å². The van der Waals surface area contributed by atoms with Crippen LogP contribution < -0.4 is 5.43 Å². The van der Waals surface area contributed by atoms with Crippen molar-refractivity contribution in [3.8, 4) is 0 Å². The zero-order chi connectivity index (χ0) is 13.1. The average Bonchev–Trinajstić information content (AvgIpc) is 2.88. The van der Waals surface area contributed by atoms with E-state index in [9.17, 15) is 0 Å². The smallest absolute Gasteiger partial charge is 0.179 e. The van der Waals surface area contributed by atoms with Crippen LogP contribution in [0, 0.1) is 0 Å². The molecular formula is C13H25N4O. The Balaban J connectivity index is 2.17. The normalized spacial score (nSPS) is 15.6. The summed E-state index contributed by atoms with van der Waals surface area (Å²) in [6.45, 7) is 5.26. The number of hydrogen-bond acceptors (Lipinski definition) is 4. The van der Waals surface area contributed by atoms with E-state index in [2.05, 4.69) is 34.8 Å². The Labute approximate surface area is 110 Å². The lowest BCUT2D eigenvalue weighted by molar-refractivity contribution is 0.0479. The Morgan fingerprint density at radius 2 is 1.83 bits per heavy atom. The highest BCUT2D eigenvalue weighted by atomic mass is 16.5. The van der Waals surface area contributed by atoms with E-state index < -0.39 is 0 Å². The molecule has 0 spiro atoms. The van der Waals surface area contributed by atoms with Gasteiger partial charge >= 0.3 is 0 Å². The Morgan fingerprint density at radius 3 is 2.50 bits per heavy atom. The highest BCUT2D eigenvalue weighted by Crippen LogP contribution is 2.12. The van der Waals surface area contributed by atoms with Gasteiger partial charge in [-0.2, -0.15) is 0 Å². The lowest BCUT2D eigenvalue weighted by Gasteiger charge is -2.16. The van der Waals surface area contributed by atoms with Crippen LogP contribution in [0.3, 0.4) is 0 Å². The van der Waals surface area contributed by atoms with Gasteiger partial charge in [-0.25, -0.2) is 0 Å². The lowest BCUT2D eigenvalue weighted by Crippen LogP contribution is -2.21. The molecule has 0 aromatic heterocycles. The predicted octanol–water partition coefficient (Wildman–Crippen LogP) is 3.83. The zero-order valence-corrected chi connectivity index (χ0v) is 11.6. The van der Waals surface area contributed by atoms with Crippen LogP contribution in [0.4, 0.5) is 0 Å². The minimum atomic E-state index is 0.220.